The number of hydrogen-bond acceptors (Lipinski definition) is 6. The van der Waals surface area contributed by atoms with Gasteiger partial charge in [0.2, 0.25) is 0 Å². The van der Waals surface area contributed by atoms with Gasteiger partial charge in [-0.1, -0.05) is 0 Å². The van der Waals surface area contributed by atoms with Crippen LogP contribution in [0.1, 0.15) is 12.0 Å². The van der Waals surface area contributed by atoms with Crippen molar-refractivity contribution in [1.82, 2.24) is 0 Å². The summed E-state index contributed by atoms with van der Waals surface area (Å²) in [6.45, 7) is 1.25. The fourth-order valence-electron chi connectivity index (χ4n) is 3.80. The number of methoxy groups -OCH3 is 3. The number of halogens is 1. The van der Waals surface area contributed by atoms with E-state index in [1.807, 2.05) is 42.5 Å². The Hall–Kier alpha value is -1.90. The monoisotopic (exact) mass is 480 g/mol. The van der Waals surface area contributed by atoms with Gasteiger partial charge in [-0.25, -0.2) is 9.48 Å². The Bertz CT molecular complexity index is 906. The van der Waals surface area contributed by atoms with Crippen LogP contribution in [0.5, 0.6) is 17.2 Å². The summed E-state index contributed by atoms with van der Waals surface area (Å²) in [5, 5.41) is 12.9. The molecule has 4 rings (SSSR count). The van der Waals surface area contributed by atoms with E-state index in [9.17, 15) is 5.11 Å². The van der Waals surface area contributed by atoms with E-state index in [1.54, 1.807) is 33.1 Å². The van der Waals surface area contributed by atoms with Crippen LogP contribution in [0.3, 0.4) is 0 Å². The molecule has 0 aliphatic carbocycles. The van der Waals surface area contributed by atoms with Gasteiger partial charge in [-0.3, -0.25) is 0 Å². The number of thioether (sulfide) groups is 1. The van der Waals surface area contributed by atoms with E-state index in [2.05, 4.69) is 9.48 Å². The molecule has 8 heteroatoms. The largest absolute Gasteiger partial charge is 1.00 e. The lowest BCUT2D eigenvalue weighted by molar-refractivity contribution is -0.656. The number of benzene rings is 2. The first-order valence-corrected chi connectivity index (χ1v) is 10.2. The summed E-state index contributed by atoms with van der Waals surface area (Å²) in [7, 11) is 4.88. The first kappa shape index (κ1) is 21.8. The molecule has 0 saturated carbocycles. The number of rotatable bonds is 5. The molecule has 0 bridgehead atoms. The minimum absolute atomic E-state index is 0. The summed E-state index contributed by atoms with van der Waals surface area (Å²) in [6.07, 6.45) is 1.03. The summed E-state index contributed by atoms with van der Waals surface area (Å²) in [5.41, 5.74) is 0.690. The van der Waals surface area contributed by atoms with Crippen LogP contribution >= 0.6 is 11.8 Å². The number of aliphatic hydroxyl groups is 1. The molecule has 0 radical (unpaired) electrons. The fourth-order valence-corrected chi connectivity index (χ4v) is 4.98. The summed E-state index contributed by atoms with van der Waals surface area (Å²) >= 11 is 1.78. The summed E-state index contributed by atoms with van der Waals surface area (Å²) in [4.78, 5) is 2.18. The smallest absolute Gasteiger partial charge is 0.316 e. The zero-order valence-electron chi connectivity index (χ0n) is 16.7. The lowest BCUT2D eigenvalue weighted by Gasteiger charge is -2.25. The van der Waals surface area contributed by atoms with E-state index < -0.39 is 5.72 Å². The average Bonchev–Trinajstić information content (AvgIpc) is 3.07. The lowest BCUT2D eigenvalue weighted by atomic mass is 10.0. The van der Waals surface area contributed by atoms with E-state index >= 15 is 0 Å². The Morgan fingerprint density at radius 1 is 1.00 bits per heavy atom. The summed E-state index contributed by atoms with van der Waals surface area (Å²) in [6, 6.07) is 13.6. The van der Waals surface area contributed by atoms with Crippen molar-refractivity contribution < 1.29 is 40.9 Å². The van der Waals surface area contributed by atoms with Crippen molar-refractivity contribution in [3.8, 4) is 17.2 Å². The van der Waals surface area contributed by atoms with Crippen molar-refractivity contribution in [2.75, 3.05) is 45.1 Å². The molecule has 0 aromatic heterocycles. The number of amidine groups is 1. The van der Waals surface area contributed by atoms with E-state index in [1.165, 1.54) is 0 Å². The van der Waals surface area contributed by atoms with Crippen molar-refractivity contribution in [2.24, 2.45) is 0 Å². The average molecular weight is 481 g/mol. The number of β-amino-alcohol motifs (C(OH)–C–C–N with tert-alkyl or cyclic N) is 1. The van der Waals surface area contributed by atoms with Crippen molar-refractivity contribution in [3.63, 3.8) is 0 Å². The molecule has 2 aliphatic rings. The third-order valence-corrected chi connectivity index (χ3v) is 6.47. The van der Waals surface area contributed by atoms with Crippen LogP contribution < -0.4 is 36.1 Å². The Labute approximate surface area is 185 Å². The Kier molecular flexibility index (Phi) is 6.65. The molecule has 1 N–H and O–H groups in total. The van der Waals surface area contributed by atoms with Gasteiger partial charge in [0.1, 0.15) is 11.4 Å². The van der Waals surface area contributed by atoms with Crippen LogP contribution in [0, 0.1) is 0 Å². The van der Waals surface area contributed by atoms with Crippen LogP contribution in [-0.4, -0.2) is 55.0 Å². The molecule has 0 spiro atoms. The predicted molar refractivity (Wildman–Crippen MR) is 111 cm³/mol. The van der Waals surface area contributed by atoms with Crippen LogP contribution in [0.25, 0.3) is 0 Å². The molecule has 2 heterocycles. The van der Waals surface area contributed by atoms with Crippen LogP contribution in [-0.2, 0) is 5.72 Å². The fraction of sp³-hybridized carbons (Fsp3) is 0.381. The molecule has 2 aliphatic heterocycles. The molecular weight excluding hydrogens is 456 g/mol. The molecule has 0 fully saturated rings. The molecule has 156 valence electrons. The molecule has 29 heavy (non-hydrogen) atoms. The number of anilines is 1. The first-order chi connectivity index (χ1) is 13.6. The molecule has 2 aromatic carbocycles. The maximum Gasteiger partial charge on any atom is 0.316 e. The normalized spacial score (nSPS) is 20.8. The van der Waals surface area contributed by atoms with Gasteiger partial charge in [-0.15, -0.1) is 0 Å². The van der Waals surface area contributed by atoms with E-state index in [0.29, 0.717) is 18.0 Å². The highest BCUT2D eigenvalue weighted by Gasteiger charge is 2.53. The van der Waals surface area contributed by atoms with E-state index in [0.717, 1.165) is 40.9 Å². The zero-order chi connectivity index (χ0) is 19.7. The molecule has 0 amide bonds. The van der Waals surface area contributed by atoms with Gasteiger partial charge < -0.3 is 36.3 Å². The quantitative estimate of drug-likeness (QED) is 0.602. The van der Waals surface area contributed by atoms with Gasteiger partial charge in [0.05, 0.1) is 27.9 Å². The van der Waals surface area contributed by atoms with Crippen molar-refractivity contribution in [2.45, 2.75) is 12.1 Å². The Balaban J connectivity index is 0.00000240. The van der Waals surface area contributed by atoms with Crippen molar-refractivity contribution in [3.05, 3.63) is 48.0 Å². The molecule has 6 nitrogen and oxygen atoms in total. The van der Waals surface area contributed by atoms with Crippen molar-refractivity contribution >= 4 is 22.6 Å². The van der Waals surface area contributed by atoms with Crippen LogP contribution in [0.2, 0.25) is 0 Å². The molecule has 1 atom stereocenters. The van der Waals surface area contributed by atoms with Crippen LogP contribution in [0.4, 0.5) is 5.69 Å². The van der Waals surface area contributed by atoms with Gasteiger partial charge >= 0.3 is 5.17 Å². The number of nitrogens with zero attached hydrogens (tertiary/aromatic N) is 2. The topological polar surface area (TPSA) is 54.2 Å². The van der Waals surface area contributed by atoms with Crippen LogP contribution in [0.15, 0.2) is 42.5 Å². The van der Waals surface area contributed by atoms with Gasteiger partial charge in [0.15, 0.2) is 18.0 Å². The standard InChI is InChI=1S/C21H25N2O4S.BrH/c1-25-17-8-6-16(7-9-17)22-14-21(24,23-11-4-12-28-20(22)23)15-5-10-18(26-2)19(13-15)27-3;/h5-10,13,24H,4,11-12,14H2,1-3H3;1H/q+1;/p-1. The summed E-state index contributed by atoms with van der Waals surface area (Å²) in [5.74, 6) is 3.12. The molecule has 0 saturated heterocycles. The minimum atomic E-state index is -1.14. The third kappa shape index (κ3) is 3.81. The van der Waals surface area contributed by atoms with E-state index in [4.69, 9.17) is 14.2 Å². The van der Waals surface area contributed by atoms with Gasteiger partial charge in [0.25, 0.3) is 5.72 Å². The third-order valence-electron chi connectivity index (χ3n) is 5.27. The zero-order valence-corrected chi connectivity index (χ0v) is 19.1. The Morgan fingerprint density at radius 3 is 2.38 bits per heavy atom. The predicted octanol–water partition coefficient (Wildman–Crippen LogP) is -0.113. The molecule has 2 aromatic rings. The van der Waals surface area contributed by atoms with Crippen molar-refractivity contribution in [1.29, 1.82) is 0 Å². The highest BCUT2D eigenvalue weighted by atomic mass is 79.9. The second-order valence-electron chi connectivity index (χ2n) is 6.81. The number of hydrogen-bond donors (Lipinski definition) is 1. The van der Waals surface area contributed by atoms with E-state index in [-0.39, 0.29) is 17.0 Å². The van der Waals surface area contributed by atoms with Gasteiger partial charge in [0, 0.05) is 11.3 Å². The molecule has 1 unspecified atom stereocenters. The van der Waals surface area contributed by atoms with Gasteiger partial charge in [-0.2, -0.15) is 0 Å². The molecular formula is C21H25BrN2O4S. The lowest BCUT2D eigenvalue weighted by Crippen LogP contribution is -3.00. The van der Waals surface area contributed by atoms with Gasteiger partial charge in [-0.05, 0) is 60.6 Å². The first-order valence-electron chi connectivity index (χ1n) is 9.24. The minimum Gasteiger partial charge on any atom is -1.00 e. The second-order valence-corrected chi connectivity index (χ2v) is 7.87. The highest BCUT2D eigenvalue weighted by Crippen LogP contribution is 2.40. The SMILES string of the molecule is COc1ccc(N2CC(O)(c3ccc(OC)c(OC)c3)[N+]3=C2SCCC3)cc1.[Br-]. The second kappa shape index (κ2) is 8.85. The maximum absolute atomic E-state index is 11.8. The Morgan fingerprint density at radius 2 is 1.72 bits per heavy atom. The number of ether oxygens (including phenoxy) is 3. The maximum atomic E-state index is 11.8. The summed E-state index contributed by atoms with van der Waals surface area (Å²) < 4.78 is 18.2. The highest BCUT2D eigenvalue weighted by molar-refractivity contribution is 8.13.